The molecule has 6 nitrogen and oxygen atoms in total. The Morgan fingerprint density at radius 3 is 1.13 bits per heavy atom. The zero-order valence-electron chi connectivity index (χ0n) is 35.0. The summed E-state index contributed by atoms with van der Waals surface area (Å²) < 4.78 is 40.7. The van der Waals surface area contributed by atoms with E-state index < -0.39 is 0 Å². The highest BCUT2D eigenvalue weighted by Crippen LogP contribution is 2.45. The van der Waals surface area contributed by atoms with Gasteiger partial charge >= 0.3 is 0 Å². The highest BCUT2D eigenvalue weighted by molar-refractivity contribution is 7.01. The van der Waals surface area contributed by atoms with Crippen LogP contribution in [0, 0.1) is 13.8 Å². The van der Waals surface area contributed by atoms with Gasteiger partial charge in [-0.15, -0.1) is 0 Å². The first kappa shape index (κ1) is 36.2. The largest absolute Gasteiger partial charge is 0.458 e. The van der Waals surface area contributed by atoms with E-state index in [1.807, 2.05) is 48.5 Å². The number of fused-ring (bicyclic) bond motifs is 8. The Balaban J connectivity index is 0.970. The van der Waals surface area contributed by atoms with Gasteiger partial charge in [-0.25, -0.2) is 0 Å². The van der Waals surface area contributed by atoms with Crippen molar-refractivity contribution in [1.82, 2.24) is 0 Å². The van der Waals surface area contributed by atoms with Gasteiger partial charge in [0.2, 0.25) is 0 Å². The minimum absolute atomic E-state index is 0.126. The van der Waals surface area contributed by atoms with Crippen LogP contribution in [0.15, 0.2) is 121 Å². The topological polar surface area (TPSA) is 55.4 Å². The third-order valence-electron chi connectivity index (χ3n) is 14.2. The van der Waals surface area contributed by atoms with Gasteiger partial charge in [0, 0.05) is 41.3 Å². The molecule has 2 saturated carbocycles. The summed E-state index contributed by atoms with van der Waals surface area (Å²) in [4.78, 5) is 0. The van der Waals surface area contributed by atoms with E-state index in [1.54, 1.807) is 0 Å². The Kier molecular flexibility index (Phi) is 8.16. The molecule has 2 aliphatic carbocycles. The summed E-state index contributed by atoms with van der Waals surface area (Å²) in [5.41, 5.74) is 11.5. The first-order chi connectivity index (χ1) is 30.5. The van der Waals surface area contributed by atoms with Gasteiger partial charge in [-0.1, -0.05) is 91.4 Å². The molecule has 7 aromatic rings. The van der Waals surface area contributed by atoms with E-state index in [-0.39, 0.29) is 13.4 Å². The van der Waals surface area contributed by atoms with Crippen molar-refractivity contribution in [2.24, 2.45) is 0 Å². The lowest BCUT2D eigenvalue weighted by Crippen LogP contribution is -2.61. The van der Waals surface area contributed by atoms with Crippen molar-refractivity contribution in [3.05, 3.63) is 144 Å². The zero-order chi connectivity index (χ0) is 41.1. The molecule has 2 fully saturated rings. The molecular weight excluding hydrogens is 766 g/mol. The van der Waals surface area contributed by atoms with E-state index in [9.17, 15) is 0 Å². The van der Waals surface area contributed by atoms with Crippen LogP contribution >= 0.6 is 0 Å². The highest BCUT2D eigenvalue weighted by Gasteiger charge is 2.46. The van der Waals surface area contributed by atoms with Crippen molar-refractivity contribution in [2.45, 2.75) is 77.0 Å². The van der Waals surface area contributed by atoms with Gasteiger partial charge in [0.15, 0.2) is 0 Å². The summed E-state index contributed by atoms with van der Waals surface area (Å²) in [5, 5.41) is 0. The van der Waals surface area contributed by atoms with Crippen molar-refractivity contribution < 1.29 is 28.4 Å². The average Bonchev–Trinajstić information content (AvgIpc) is 4.03. The SMILES string of the molecule is Cc1ccc(Oc2cc3c4c(c2)Oc2cc5c(cc2B4c2ccc(C4CCCC4)cc2O3)B2c3ccc(C4CCCC4)cc3Oc3cc(Oc4ccc(C)cc4)cc(c32)O5)cc1. The molecule has 0 N–H and O–H groups in total. The fraction of sp³-hybridized carbons (Fsp3) is 0.222. The van der Waals surface area contributed by atoms with Gasteiger partial charge in [0.1, 0.15) is 69.0 Å². The number of hydrogen-bond donors (Lipinski definition) is 0. The fourth-order valence-electron chi connectivity index (χ4n) is 11.1. The standard InChI is InChI=1S/C54H44B2O6/c1-31-11-17-37(18-12-31)57-39-25-49-53-51(27-39)61-47-30-48-44(29-43(47)55(53)41-21-15-35(23-45(41)59-49)33-7-3-4-8-33)56-42-22-16-36(34-9-5-6-10-34)24-46(42)60-50-26-40(28-52(62-48)54(50)56)58-38-19-13-32(2)14-20-38/h11-30,33-34H,3-10H2,1-2H3. The third-order valence-corrected chi connectivity index (χ3v) is 14.2. The first-order valence-electron chi connectivity index (χ1n) is 22.5. The maximum Gasteiger partial charge on any atom is 0.260 e. The molecule has 0 unspecified atom stereocenters. The summed E-state index contributed by atoms with van der Waals surface area (Å²) in [7, 11) is 0. The molecule has 0 aromatic heterocycles. The second-order valence-corrected chi connectivity index (χ2v) is 18.3. The average molecular weight is 811 g/mol. The van der Waals surface area contributed by atoms with Crippen LogP contribution in [0.5, 0.6) is 69.0 Å². The molecule has 302 valence electrons. The smallest absolute Gasteiger partial charge is 0.260 e. The van der Waals surface area contributed by atoms with Gasteiger partial charge in [0.25, 0.3) is 13.4 Å². The molecular formula is C54H44B2O6. The van der Waals surface area contributed by atoms with Gasteiger partial charge in [-0.2, -0.15) is 0 Å². The summed E-state index contributed by atoms with van der Waals surface area (Å²) >= 11 is 0. The zero-order valence-corrected chi connectivity index (χ0v) is 35.0. The van der Waals surface area contributed by atoms with Crippen LogP contribution in [0.25, 0.3) is 0 Å². The van der Waals surface area contributed by atoms with Gasteiger partial charge in [0.05, 0.1) is 0 Å². The third kappa shape index (κ3) is 5.94. The summed E-state index contributed by atoms with van der Waals surface area (Å²) in [5.74, 6) is 10.2. The number of aryl methyl sites for hydroxylation is 2. The van der Waals surface area contributed by atoms with Crippen LogP contribution in [0.3, 0.4) is 0 Å². The molecule has 0 atom stereocenters. The summed E-state index contributed by atoms with van der Waals surface area (Å²) in [6.07, 6.45) is 9.99. The van der Waals surface area contributed by atoms with Gasteiger partial charge in [-0.3, -0.25) is 0 Å². The van der Waals surface area contributed by atoms with E-state index in [1.165, 1.54) is 73.6 Å². The predicted octanol–water partition coefficient (Wildman–Crippen LogP) is 10.7. The van der Waals surface area contributed by atoms with Crippen LogP contribution < -0.4 is 61.2 Å². The minimum atomic E-state index is -0.126. The Morgan fingerprint density at radius 1 is 0.371 bits per heavy atom. The highest BCUT2D eigenvalue weighted by atomic mass is 16.5. The molecule has 0 spiro atoms. The molecule has 4 aliphatic heterocycles. The lowest BCUT2D eigenvalue weighted by molar-refractivity contribution is 0.435. The molecule has 6 aliphatic rings. The number of hydrogen-bond acceptors (Lipinski definition) is 6. The van der Waals surface area contributed by atoms with Crippen LogP contribution in [-0.4, -0.2) is 13.4 Å². The lowest BCUT2D eigenvalue weighted by Gasteiger charge is -2.37. The van der Waals surface area contributed by atoms with Crippen LogP contribution in [0.1, 0.15) is 85.5 Å². The molecule has 13 rings (SSSR count). The molecule has 0 saturated heterocycles. The molecule has 8 heteroatoms. The molecule has 7 aromatic carbocycles. The van der Waals surface area contributed by atoms with Crippen molar-refractivity contribution in [2.75, 3.05) is 0 Å². The molecule has 4 heterocycles. The van der Waals surface area contributed by atoms with E-state index in [0.29, 0.717) is 23.3 Å². The number of benzene rings is 7. The Bertz CT molecular complexity index is 2770. The lowest BCUT2D eigenvalue weighted by atomic mass is 9.31. The van der Waals surface area contributed by atoms with Crippen molar-refractivity contribution in [1.29, 1.82) is 0 Å². The fourth-order valence-corrected chi connectivity index (χ4v) is 11.1. The van der Waals surface area contributed by atoms with Crippen molar-refractivity contribution in [3.8, 4) is 69.0 Å². The van der Waals surface area contributed by atoms with Gasteiger partial charge in [-0.05, 0) is 121 Å². The van der Waals surface area contributed by atoms with Crippen LogP contribution in [0.4, 0.5) is 0 Å². The maximum absolute atomic E-state index is 6.97. The maximum atomic E-state index is 6.97. The Hall–Kier alpha value is -6.53. The monoisotopic (exact) mass is 810 g/mol. The summed E-state index contributed by atoms with van der Waals surface area (Å²) in [6.45, 7) is 3.91. The van der Waals surface area contributed by atoms with E-state index in [0.717, 1.165) is 90.3 Å². The molecule has 62 heavy (non-hydrogen) atoms. The predicted molar refractivity (Wildman–Crippen MR) is 247 cm³/mol. The van der Waals surface area contributed by atoms with Crippen molar-refractivity contribution in [3.63, 3.8) is 0 Å². The van der Waals surface area contributed by atoms with E-state index >= 15 is 0 Å². The Labute approximate surface area is 362 Å². The molecule has 0 amide bonds. The summed E-state index contributed by atoms with van der Waals surface area (Å²) in [6, 6.07) is 42.6. The number of rotatable bonds is 6. The quantitative estimate of drug-likeness (QED) is 0.156. The van der Waals surface area contributed by atoms with Crippen molar-refractivity contribution >= 4 is 46.2 Å². The normalized spacial score (nSPS) is 16.4. The van der Waals surface area contributed by atoms with E-state index in [2.05, 4.69) is 86.6 Å². The number of ether oxygens (including phenoxy) is 6. The van der Waals surface area contributed by atoms with E-state index in [4.69, 9.17) is 28.4 Å². The van der Waals surface area contributed by atoms with Gasteiger partial charge < -0.3 is 28.4 Å². The van der Waals surface area contributed by atoms with Crippen LogP contribution in [-0.2, 0) is 0 Å². The second kappa shape index (κ2) is 14.0. The molecule has 0 radical (unpaired) electrons. The second-order valence-electron chi connectivity index (χ2n) is 18.3. The Morgan fingerprint density at radius 2 is 0.742 bits per heavy atom. The first-order valence-corrected chi connectivity index (χ1v) is 22.5. The molecule has 0 bridgehead atoms. The van der Waals surface area contributed by atoms with Crippen LogP contribution in [0.2, 0.25) is 0 Å². The minimum Gasteiger partial charge on any atom is -0.458 e.